The number of benzene rings is 1. The van der Waals surface area contributed by atoms with Crippen LogP contribution in [0.2, 0.25) is 0 Å². The molecule has 3 heteroatoms. The number of ether oxygens (including phenoxy) is 1. The number of rotatable bonds is 6. The van der Waals surface area contributed by atoms with Gasteiger partial charge in [0.1, 0.15) is 0 Å². The van der Waals surface area contributed by atoms with Gasteiger partial charge in [-0.15, -0.1) is 0 Å². The average Bonchev–Trinajstić information content (AvgIpc) is 2.52. The van der Waals surface area contributed by atoms with Crippen LogP contribution >= 0.6 is 0 Å². The Morgan fingerprint density at radius 3 is 2.57 bits per heavy atom. The number of allylic oxidation sites excluding steroid dienone is 2. The third kappa shape index (κ3) is 5.35. The maximum atomic E-state index is 12.1. The van der Waals surface area contributed by atoms with Crippen LogP contribution in [0.25, 0.3) is 0 Å². The molecule has 0 heterocycles. The smallest absolute Gasteiger partial charge is 0.223 e. The van der Waals surface area contributed by atoms with Crippen LogP contribution in [0.15, 0.2) is 36.4 Å². The Bertz CT molecular complexity index is 476. The van der Waals surface area contributed by atoms with Crippen molar-refractivity contribution >= 4 is 5.91 Å². The Kier molecular flexibility index (Phi) is 6.00. The van der Waals surface area contributed by atoms with Gasteiger partial charge < -0.3 is 10.1 Å². The van der Waals surface area contributed by atoms with Gasteiger partial charge in [0.05, 0.1) is 12.7 Å². The molecule has 0 bridgehead atoms. The predicted octanol–water partition coefficient (Wildman–Crippen LogP) is 3.58. The lowest BCUT2D eigenvalue weighted by molar-refractivity contribution is -0.125. The Morgan fingerprint density at radius 2 is 1.95 bits per heavy atom. The molecule has 1 N–H and O–H groups in total. The van der Waals surface area contributed by atoms with Crippen LogP contribution < -0.4 is 5.32 Å². The number of carbonyl (C=O) groups is 1. The highest BCUT2D eigenvalue weighted by atomic mass is 16.5. The van der Waals surface area contributed by atoms with Crippen molar-refractivity contribution in [2.24, 2.45) is 5.92 Å². The largest absolute Gasteiger partial charge is 0.374 e. The number of nitrogens with one attached hydrogen (secondary N) is 1. The molecule has 0 spiro atoms. The van der Waals surface area contributed by atoms with Gasteiger partial charge in [0.25, 0.3) is 0 Å². The Balaban J connectivity index is 1.77. The highest BCUT2D eigenvalue weighted by molar-refractivity contribution is 5.78. The van der Waals surface area contributed by atoms with Gasteiger partial charge in [0.15, 0.2) is 0 Å². The molecule has 0 aliphatic heterocycles. The van der Waals surface area contributed by atoms with Crippen molar-refractivity contribution < 1.29 is 9.53 Å². The number of amides is 1. The summed E-state index contributed by atoms with van der Waals surface area (Å²) in [5, 5.41) is 3.03. The second-order valence-electron chi connectivity index (χ2n) is 5.88. The third-order valence-electron chi connectivity index (χ3n) is 3.71. The lowest BCUT2D eigenvalue weighted by atomic mass is 9.93. The number of hydrogen-bond donors (Lipinski definition) is 1. The molecule has 0 aromatic heterocycles. The molecule has 0 saturated carbocycles. The summed E-state index contributed by atoms with van der Waals surface area (Å²) in [6.07, 6.45) is 7.36. The van der Waals surface area contributed by atoms with Gasteiger partial charge in [-0.1, -0.05) is 36.4 Å². The SMILES string of the molecule is CC(C)OCc1ccc(CNC(=O)[C@H]2CC=CCC2)cc1. The highest BCUT2D eigenvalue weighted by Crippen LogP contribution is 2.18. The zero-order chi connectivity index (χ0) is 15.1. The standard InChI is InChI=1S/C18H25NO2/c1-14(2)21-13-16-10-8-15(9-11-16)12-19-18(20)17-6-4-3-5-7-17/h3-4,8-11,14,17H,5-7,12-13H2,1-2H3,(H,19,20)/t17-/m0/s1. The van der Waals surface area contributed by atoms with Crippen LogP contribution in [0.4, 0.5) is 0 Å². The fourth-order valence-corrected chi connectivity index (χ4v) is 2.38. The fourth-order valence-electron chi connectivity index (χ4n) is 2.38. The minimum absolute atomic E-state index is 0.147. The summed E-state index contributed by atoms with van der Waals surface area (Å²) in [7, 11) is 0. The van der Waals surface area contributed by atoms with Crippen molar-refractivity contribution in [2.45, 2.75) is 52.4 Å². The molecule has 2 rings (SSSR count). The summed E-state index contributed by atoms with van der Waals surface area (Å²) in [5.41, 5.74) is 2.29. The molecule has 0 radical (unpaired) electrons. The molecule has 114 valence electrons. The molecular formula is C18H25NO2. The summed E-state index contributed by atoms with van der Waals surface area (Å²) < 4.78 is 5.57. The molecule has 1 aromatic carbocycles. The lowest BCUT2D eigenvalue weighted by Crippen LogP contribution is -2.30. The van der Waals surface area contributed by atoms with Crippen molar-refractivity contribution in [3.8, 4) is 0 Å². The zero-order valence-electron chi connectivity index (χ0n) is 13.0. The van der Waals surface area contributed by atoms with E-state index in [2.05, 4.69) is 41.7 Å². The van der Waals surface area contributed by atoms with Gasteiger partial charge in [-0.05, 0) is 44.2 Å². The maximum absolute atomic E-state index is 12.1. The van der Waals surface area contributed by atoms with Gasteiger partial charge >= 0.3 is 0 Å². The summed E-state index contributed by atoms with van der Waals surface area (Å²) >= 11 is 0. The summed E-state index contributed by atoms with van der Waals surface area (Å²) in [4.78, 5) is 12.1. The normalized spacial score (nSPS) is 18.0. The van der Waals surface area contributed by atoms with Crippen LogP contribution in [0.3, 0.4) is 0 Å². The summed E-state index contributed by atoms with van der Waals surface area (Å²) in [6, 6.07) is 8.24. The van der Waals surface area contributed by atoms with E-state index in [0.717, 1.165) is 30.4 Å². The van der Waals surface area contributed by atoms with Gasteiger partial charge in [-0.2, -0.15) is 0 Å². The molecule has 0 saturated heterocycles. The van der Waals surface area contributed by atoms with Crippen molar-refractivity contribution in [3.63, 3.8) is 0 Å². The van der Waals surface area contributed by atoms with E-state index in [1.165, 1.54) is 0 Å². The minimum atomic E-state index is 0.147. The molecule has 1 aliphatic rings. The van der Waals surface area contributed by atoms with E-state index in [0.29, 0.717) is 13.2 Å². The molecule has 1 amide bonds. The molecule has 0 fully saturated rings. The predicted molar refractivity (Wildman–Crippen MR) is 84.7 cm³/mol. The van der Waals surface area contributed by atoms with Crippen molar-refractivity contribution in [3.05, 3.63) is 47.5 Å². The van der Waals surface area contributed by atoms with Crippen molar-refractivity contribution in [1.82, 2.24) is 5.32 Å². The van der Waals surface area contributed by atoms with Crippen LogP contribution in [0, 0.1) is 5.92 Å². The van der Waals surface area contributed by atoms with Gasteiger partial charge in [0.2, 0.25) is 5.91 Å². The van der Waals surface area contributed by atoms with E-state index >= 15 is 0 Å². The topological polar surface area (TPSA) is 38.3 Å². The first-order valence-electron chi connectivity index (χ1n) is 7.77. The molecule has 1 aromatic rings. The molecule has 1 aliphatic carbocycles. The van der Waals surface area contributed by atoms with Crippen molar-refractivity contribution in [2.75, 3.05) is 0 Å². The van der Waals surface area contributed by atoms with Crippen molar-refractivity contribution in [1.29, 1.82) is 0 Å². The Labute approximate surface area is 127 Å². The first-order chi connectivity index (χ1) is 10.1. The van der Waals surface area contributed by atoms with E-state index in [9.17, 15) is 4.79 Å². The third-order valence-corrected chi connectivity index (χ3v) is 3.71. The van der Waals surface area contributed by atoms with Gasteiger partial charge in [-0.25, -0.2) is 0 Å². The van der Waals surface area contributed by atoms with E-state index in [1.807, 2.05) is 13.8 Å². The fraction of sp³-hybridized carbons (Fsp3) is 0.500. The van der Waals surface area contributed by atoms with Gasteiger partial charge in [-0.3, -0.25) is 4.79 Å². The molecule has 0 unspecified atom stereocenters. The van der Waals surface area contributed by atoms with Gasteiger partial charge in [0, 0.05) is 12.5 Å². The van der Waals surface area contributed by atoms with E-state index in [1.54, 1.807) is 0 Å². The van der Waals surface area contributed by atoms with E-state index < -0.39 is 0 Å². The lowest BCUT2D eigenvalue weighted by Gasteiger charge is -2.17. The number of hydrogen-bond acceptors (Lipinski definition) is 2. The van der Waals surface area contributed by atoms with E-state index in [4.69, 9.17) is 4.74 Å². The first kappa shape index (κ1) is 15.8. The Morgan fingerprint density at radius 1 is 1.24 bits per heavy atom. The summed E-state index contributed by atoms with van der Waals surface area (Å²) in [6.45, 7) is 5.30. The van der Waals surface area contributed by atoms with Crippen LogP contribution in [0.5, 0.6) is 0 Å². The number of carbonyl (C=O) groups excluding carboxylic acids is 1. The molecular weight excluding hydrogens is 262 g/mol. The van der Waals surface area contributed by atoms with Crippen LogP contribution in [-0.4, -0.2) is 12.0 Å². The summed E-state index contributed by atoms with van der Waals surface area (Å²) in [5.74, 6) is 0.320. The zero-order valence-corrected chi connectivity index (χ0v) is 13.0. The molecule has 21 heavy (non-hydrogen) atoms. The van der Waals surface area contributed by atoms with E-state index in [-0.39, 0.29) is 17.9 Å². The second kappa shape index (κ2) is 7.99. The molecule has 3 nitrogen and oxygen atoms in total. The quantitative estimate of drug-likeness (QED) is 0.812. The molecule has 1 atom stereocenters. The average molecular weight is 287 g/mol. The monoisotopic (exact) mass is 287 g/mol. The Hall–Kier alpha value is -1.61. The second-order valence-corrected chi connectivity index (χ2v) is 5.88. The minimum Gasteiger partial charge on any atom is -0.374 e. The highest BCUT2D eigenvalue weighted by Gasteiger charge is 2.17. The van der Waals surface area contributed by atoms with Crippen LogP contribution in [0.1, 0.15) is 44.2 Å². The first-order valence-corrected chi connectivity index (χ1v) is 7.77. The van der Waals surface area contributed by atoms with Crippen LogP contribution in [-0.2, 0) is 22.7 Å². The maximum Gasteiger partial charge on any atom is 0.223 e.